The summed E-state index contributed by atoms with van der Waals surface area (Å²) in [4.78, 5) is 4.71. The van der Waals surface area contributed by atoms with Crippen LogP contribution in [0.5, 0.6) is 0 Å². The van der Waals surface area contributed by atoms with Crippen molar-refractivity contribution in [3.8, 4) is 5.69 Å². The van der Waals surface area contributed by atoms with E-state index in [0.29, 0.717) is 0 Å². The highest BCUT2D eigenvalue weighted by molar-refractivity contribution is 6.10. The number of allylic oxidation sites excluding steroid dienone is 2. The molecule has 3 heteroatoms. The lowest BCUT2D eigenvalue weighted by molar-refractivity contribution is 1.18. The monoisotopic (exact) mass is 703 g/mol. The number of aromatic nitrogens is 1. The Labute approximate surface area is 321 Å². The second-order valence-electron chi connectivity index (χ2n) is 13.8. The Balaban J connectivity index is 1.01. The molecule has 0 fully saturated rings. The molecule has 0 aliphatic carbocycles. The van der Waals surface area contributed by atoms with Crippen molar-refractivity contribution in [2.24, 2.45) is 0 Å². The van der Waals surface area contributed by atoms with E-state index in [4.69, 9.17) is 0 Å². The Morgan fingerprint density at radius 2 is 0.927 bits per heavy atom. The summed E-state index contributed by atoms with van der Waals surface area (Å²) < 4.78 is 2.36. The molecule has 260 valence electrons. The van der Waals surface area contributed by atoms with Gasteiger partial charge in [0.2, 0.25) is 0 Å². The Morgan fingerprint density at radius 3 is 1.62 bits per heavy atom. The molecule has 0 atom stereocenters. The predicted octanol–water partition coefficient (Wildman–Crippen LogP) is 14.2. The third-order valence-electron chi connectivity index (χ3n) is 10.5. The van der Waals surface area contributed by atoms with Gasteiger partial charge >= 0.3 is 0 Å². The molecule has 0 bridgehead atoms. The number of anilines is 6. The molecule has 0 N–H and O–H groups in total. The van der Waals surface area contributed by atoms with Gasteiger partial charge in [0.05, 0.1) is 22.4 Å². The van der Waals surface area contributed by atoms with Crippen molar-refractivity contribution >= 4 is 67.6 Å². The Bertz CT molecular complexity index is 2800. The van der Waals surface area contributed by atoms with Crippen molar-refractivity contribution in [1.29, 1.82) is 0 Å². The molecule has 0 radical (unpaired) electrons. The summed E-state index contributed by atoms with van der Waals surface area (Å²) in [6.07, 6.45) is 6.63. The van der Waals surface area contributed by atoms with Gasteiger partial charge in [0.25, 0.3) is 0 Å². The fourth-order valence-corrected chi connectivity index (χ4v) is 8.07. The summed E-state index contributed by atoms with van der Waals surface area (Å²) in [6, 6.07) is 73.7. The molecular weight excluding hydrogens is 667 g/mol. The zero-order chi connectivity index (χ0) is 36.6. The standard InChI is InChI=1S/C52H37N3/c1-4-18-39(19-5-1)53(43-35-36-52-48(37-43)47-26-12-15-30-51(47)55(52)41-22-8-3-9-23-41)42-33-31-38(32-34-42)17-16-27-44-45-24-10-13-28-49(45)54(40-20-6-2-7-21-40)50-29-14-11-25-46(44)50/h1-37H/b17-16+. The first-order valence-corrected chi connectivity index (χ1v) is 18.8. The third kappa shape index (κ3) is 5.80. The molecule has 10 rings (SSSR count). The van der Waals surface area contributed by atoms with Crippen LogP contribution in [0, 0.1) is 0 Å². The van der Waals surface area contributed by atoms with Crippen molar-refractivity contribution in [1.82, 2.24) is 4.57 Å². The van der Waals surface area contributed by atoms with E-state index in [0.717, 1.165) is 34.0 Å². The van der Waals surface area contributed by atoms with E-state index in [-0.39, 0.29) is 0 Å². The molecule has 0 amide bonds. The number of nitrogens with zero attached hydrogens (tertiary/aromatic N) is 3. The maximum Gasteiger partial charge on any atom is 0.0542 e. The van der Waals surface area contributed by atoms with Crippen LogP contribution in [0.4, 0.5) is 34.1 Å². The highest BCUT2D eigenvalue weighted by atomic mass is 15.2. The van der Waals surface area contributed by atoms with Crippen LogP contribution in [0.1, 0.15) is 16.7 Å². The van der Waals surface area contributed by atoms with Crippen LogP contribution in [-0.4, -0.2) is 4.57 Å². The van der Waals surface area contributed by atoms with Crippen LogP contribution < -0.4 is 9.80 Å². The lowest BCUT2D eigenvalue weighted by atomic mass is 9.89. The predicted molar refractivity (Wildman–Crippen MR) is 233 cm³/mol. The smallest absolute Gasteiger partial charge is 0.0542 e. The molecule has 1 aromatic heterocycles. The van der Waals surface area contributed by atoms with E-state index in [9.17, 15) is 0 Å². The third-order valence-corrected chi connectivity index (χ3v) is 10.5. The second kappa shape index (κ2) is 13.9. The average molecular weight is 704 g/mol. The van der Waals surface area contributed by atoms with E-state index < -0.39 is 0 Å². The number of fused-ring (bicyclic) bond motifs is 5. The lowest BCUT2D eigenvalue weighted by Gasteiger charge is -2.34. The molecule has 55 heavy (non-hydrogen) atoms. The quantitative estimate of drug-likeness (QED) is 0.164. The summed E-state index contributed by atoms with van der Waals surface area (Å²) in [5.41, 5.74) is 15.2. The summed E-state index contributed by atoms with van der Waals surface area (Å²) in [5, 5.41) is 2.46. The molecule has 1 aliphatic heterocycles. The Morgan fingerprint density at radius 1 is 0.400 bits per heavy atom. The van der Waals surface area contributed by atoms with Gasteiger partial charge in [-0.15, -0.1) is 0 Å². The summed E-state index contributed by atoms with van der Waals surface area (Å²) in [7, 11) is 0. The Hall–Kier alpha value is -7.36. The molecule has 0 saturated carbocycles. The minimum atomic E-state index is 1.10. The minimum absolute atomic E-state index is 1.10. The molecular formula is C52H37N3. The van der Waals surface area contributed by atoms with Crippen molar-refractivity contribution in [3.63, 3.8) is 0 Å². The van der Waals surface area contributed by atoms with Gasteiger partial charge in [-0.25, -0.2) is 0 Å². The largest absolute Gasteiger partial charge is 0.310 e. The molecule has 0 spiro atoms. The van der Waals surface area contributed by atoms with Gasteiger partial charge in [-0.2, -0.15) is 0 Å². The molecule has 3 nitrogen and oxygen atoms in total. The van der Waals surface area contributed by atoms with E-state index >= 15 is 0 Å². The fourth-order valence-electron chi connectivity index (χ4n) is 8.07. The van der Waals surface area contributed by atoms with Gasteiger partial charge in [0, 0.05) is 50.3 Å². The zero-order valence-corrected chi connectivity index (χ0v) is 30.2. The Kier molecular flexibility index (Phi) is 8.16. The van der Waals surface area contributed by atoms with Crippen LogP contribution in [0.2, 0.25) is 0 Å². The van der Waals surface area contributed by atoms with Gasteiger partial charge in [0.1, 0.15) is 0 Å². The summed E-state index contributed by atoms with van der Waals surface area (Å²) in [6.45, 7) is 0. The van der Waals surface area contributed by atoms with Gasteiger partial charge in [-0.05, 0) is 96.1 Å². The van der Waals surface area contributed by atoms with Gasteiger partial charge in [0.15, 0.2) is 0 Å². The highest BCUT2D eigenvalue weighted by Crippen LogP contribution is 2.48. The van der Waals surface area contributed by atoms with Crippen LogP contribution in [0.25, 0.3) is 39.1 Å². The first kappa shape index (κ1) is 32.3. The molecule has 2 heterocycles. The van der Waals surface area contributed by atoms with Crippen molar-refractivity contribution < 1.29 is 0 Å². The van der Waals surface area contributed by atoms with Crippen LogP contribution in [0.3, 0.4) is 0 Å². The van der Waals surface area contributed by atoms with Gasteiger partial charge in [-0.1, -0.05) is 140 Å². The molecule has 8 aromatic carbocycles. The summed E-state index contributed by atoms with van der Waals surface area (Å²) in [5.74, 6) is 0. The molecule has 0 unspecified atom stereocenters. The fraction of sp³-hybridized carbons (Fsp3) is 0. The SMILES string of the molecule is C(/C=C/c1ccc(N(c2ccccc2)c2ccc3c(c2)c2ccccc2n3-c2ccccc2)cc1)=C1c2ccccc2N(c2ccccc2)c2ccccc21. The summed E-state index contributed by atoms with van der Waals surface area (Å²) >= 11 is 0. The van der Waals surface area contributed by atoms with Crippen LogP contribution >= 0.6 is 0 Å². The van der Waals surface area contributed by atoms with Crippen molar-refractivity contribution in [2.75, 3.05) is 9.80 Å². The normalized spacial score (nSPS) is 12.2. The number of para-hydroxylation sites is 6. The van der Waals surface area contributed by atoms with Crippen molar-refractivity contribution in [3.05, 3.63) is 235 Å². The lowest BCUT2D eigenvalue weighted by Crippen LogP contribution is -2.17. The van der Waals surface area contributed by atoms with E-state index in [1.54, 1.807) is 0 Å². The maximum atomic E-state index is 2.36. The van der Waals surface area contributed by atoms with E-state index in [1.807, 2.05) is 0 Å². The van der Waals surface area contributed by atoms with Crippen molar-refractivity contribution in [2.45, 2.75) is 0 Å². The number of benzene rings is 8. The minimum Gasteiger partial charge on any atom is -0.310 e. The van der Waals surface area contributed by atoms with Gasteiger partial charge in [-0.3, -0.25) is 0 Å². The molecule has 9 aromatic rings. The number of hydrogen-bond donors (Lipinski definition) is 0. The van der Waals surface area contributed by atoms with E-state index in [1.165, 1.54) is 49.9 Å². The zero-order valence-electron chi connectivity index (χ0n) is 30.2. The number of rotatable bonds is 7. The molecule has 1 aliphatic rings. The van der Waals surface area contributed by atoms with E-state index in [2.05, 4.69) is 239 Å². The van der Waals surface area contributed by atoms with Crippen LogP contribution in [0.15, 0.2) is 218 Å². The molecule has 0 saturated heterocycles. The topological polar surface area (TPSA) is 11.4 Å². The van der Waals surface area contributed by atoms with Crippen LogP contribution in [-0.2, 0) is 0 Å². The maximum absolute atomic E-state index is 2.36. The average Bonchev–Trinajstić information content (AvgIpc) is 3.59. The second-order valence-corrected chi connectivity index (χ2v) is 13.8. The number of hydrogen-bond acceptors (Lipinski definition) is 2. The first-order valence-electron chi connectivity index (χ1n) is 18.8. The van der Waals surface area contributed by atoms with Gasteiger partial charge < -0.3 is 14.4 Å². The highest BCUT2D eigenvalue weighted by Gasteiger charge is 2.26. The first-order chi connectivity index (χ1) is 27.3.